The number of nitrogens with zero attached hydrogens (tertiary/aromatic N) is 3. The fraction of sp³-hybridized carbons (Fsp3) is 0.381. The van der Waals surface area contributed by atoms with Crippen molar-refractivity contribution in [2.45, 2.75) is 6.54 Å². The van der Waals surface area contributed by atoms with E-state index in [9.17, 15) is 13.2 Å². The van der Waals surface area contributed by atoms with Gasteiger partial charge in [-0.2, -0.15) is 4.31 Å². The van der Waals surface area contributed by atoms with Gasteiger partial charge in [0.1, 0.15) is 0 Å². The molecule has 1 N–H and O–H groups in total. The van der Waals surface area contributed by atoms with Crippen LogP contribution in [0, 0.1) is 0 Å². The van der Waals surface area contributed by atoms with Gasteiger partial charge in [-0.05, 0) is 42.9 Å². The number of sulfonamides is 1. The Morgan fingerprint density at radius 3 is 2.30 bits per heavy atom. The van der Waals surface area contributed by atoms with Gasteiger partial charge in [0.05, 0.1) is 12.8 Å². The number of likely N-dealkylation sites (N-methyl/N-ethyl adjacent to an activating group) is 1. The highest BCUT2D eigenvalue weighted by Crippen LogP contribution is 2.20. The minimum Gasteiger partial charge on any atom is -0.369 e. The highest BCUT2D eigenvalue weighted by atomic mass is 35.5. The molecule has 1 saturated heterocycles. The van der Waals surface area contributed by atoms with Gasteiger partial charge in [0.15, 0.2) is 0 Å². The minimum atomic E-state index is -3.59. The van der Waals surface area contributed by atoms with Crippen molar-refractivity contribution in [3.8, 4) is 0 Å². The fourth-order valence-electron chi connectivity index (χ4n) is 3.29. The summed E-state index contributed by atoms with van der Waals surface area (Å²) in [7, 11) is -1.48. The molecule has 0 bridgehead atoms. The lowest BCUT2D eigenvalue weighted by atomic mass is 10.2. The molecule has 1 amide bonds. The Labute approximate surface area is 183 Å². The normalized spacial score (nSPS) is 15.4. The number of rotatable bonds is 7. The van der Waals surface area contributed by atoms with Gasteiger partial charge in [0.2, 0.25) is 15.9 Å². The van der Waals surface area contributed by atoms with Crippen LogP contribution in [0.1, 0.15) is 5.56 Å². The molecular weight excluding hydrogens is 424 g/mol. The predicted molar refractivity (Wildman–Crippen MR) is 121 cm³/mol. The van der Waals surface area contributed by atoms with Crippen LogP contribution >= 0.6 is 11.6 Å². The first kappa shape index (κ1) is 22.6. The summed E-state index contributed by atoms with van der Waals surface area (Å²) in [5.41, 5.74) is 2.38. The van der Waals surface area contributed by atoms with Crippen LogP contribution in [0.4, 0.5) is 11.4 Å². The topological polar surface area (TPSA) is 73.0 Å². The van der Waals surface area contributed by atoms with Crippen molar-refractivity contribution in [2.24, 2.45) is 0 Å². The van der Waals surface area contributed by atoms with E-state index < -0.39 is 15.9 Å². The zero-order valence-electron chi connectivity index (χ0n) is 17.2. The van der Waals surface area contributed by atoms with Crippen molar-refractivity contribution in [2.75, 3.05) is 56.2 Å². The van der Waals surface area contributed by atoms with Crippen LogP contribution < -0.4 is 10.2 Å². The van der Waals surface area contributed by atoms with Crippen LogP contribution in [0.5, 0.6) is 0 Å². The van der Waals surface area contributed by atoms with E-state index in [-0.39, 0.29) is 13.1 Å². The molecule has 0 saturated carbocycles. The van der Waals surface area contributed by atoms with E-state index in [1.165, 1.54) is 0 Å². The third-order valence-electron chi connectivity index (χ3n) is 5.11. The Morgan fingerprint density at radius 1 is 1.07 bits per heavy atom. The molecule has 1 aliphatic heterocycles. The number of nitrogens with one attached hydrogen (secondary N) is 1. The van der Waals surface area contributed by atoms with E-state index in [0.717, 1.165) is 42.4 Å². The maximum Gasteiger partial charge on any atom is 0.239 e. The molecular formula is C21H27ClN4O3S. The number of hydrogen-bond acceptors (Lipinski definition) is 5. The van der Waals surface area contributed by atoms with Crippen LogP contribution in [0.15, 0.2) is 48.5 Å². The van der Waals surface area contributed by atoms with Gasteiger partial charge in [-0.25, -0.2) is 8.42 Å². The number of hydrogen-bond donors (Lipinski definition) is 1. The molecule has 0 aliphatic carbocycles. The monoisotopic (exact) mass is 450 g/mol. The summed E-state index contributed by atoms with van der Waals surface area (Å²) in [5, 5.41) is 3.24. The van der Waals surface area contributed by atoms with E-state index >= 15 is 0 Å². The largest absolute Gasteiger partial charge is 0.369 e. The van der Waals surface area contributed by atoms with Gasteiger partial charge in [0.25, 0.3) is 0 Å². The molecule has 1 aliphatic rings. The molecule has 1 heterocycles. The van der Waals surface area contributed by atoms with Crippen LogP contribution in [0.3, 0.4) is 0 Å². The number of halogens is 1. The summed E-state index contributed by atoms with van der Waals surface area (Å²) in [5.74, 6) is -0.403. The summed E-state index contributed by atoms with van der Waals surface area (Å²) in [4.78, 5) is 17.1. The van der Waals surface area contributed by atoms with E-state index in [0.29, 0.717) is 16.3 Å². The van der Waals surface area contributed by atoms with Crippen molar-refractivity contribution in [1.82, 2.24) is 9.21 Å². The molecule has 9 heteroatoms. The van der Waals surface area contributed by atoms with Crippen LogP contribution in [0.2, 0.25) is 5.02 Å². The van der Waals surface area contributed by atoms with Gasteiger partial charge in [0, 0.05) is 49.1 Å². The number of benzene rings is 2. The number of carbonyl (C=O) groups excluding carboxylic acids is 1. The fourth-order valence-corrected chi connectivity index (χ4v) is 4.21. The smallest absolute Gasteiger partial charge is 0.239 e. The lowest BCUT2D eigenvalue weighted by Crippen LogP contribution is -2.44. The summed E-state index contributed by atoms with van der Waals surface area (Å²) >= 11 is 6.14. The summed E-state index contributed by atoms with van der Waals surface area (Å²) in [6.45, 7) is 3.72. The Hall–Kier alpha value is -2.13. The maximum atomic E-state index is 12.5. The third-order valence-corrected chi connectivity index (χ3v) is 6.68. The maximum absolute atomic E-state index is 12.5. The van der Waals surface area contributed by atoms with Crippen LogP contribution in [0.25, 0.3) is 0 Å². The molecule has 2 aromatic rings. The van der Waals surface area contributed by atoms with Gasteiger partial charge in [-0.15, -0.1) is 0 Å². The highest BCUT2D eigenvalue weighted by Gasteiger charge is 2.22. The van der Waals surface area contributed by atoms with Crippen LogP contribution in [-0.4, -0.2) is 69.6 Å². The van der Waals surface area contributed by atoms with Crippen molar-refractivity contribution in [3.63, 3.8) is 0 Å². The lowest BCUT2D eigenvalue weighted by Gasteiger charge is -2.34. The van der Waals surface area contributed by atoms with E-state index in [4.69, 9.17) is 11.6 Å². The molecule has 3 rings (SSSR count). The highest BCUT2D eigenvalue weighted by molar-refractivity contribution is 7.88. The molecule has 30 heavy (non-hydrogen) atoms. The first-order valence-corrected chi connectivity index (χ1v) is 12.0. The zero-order valence-corrected chi connectivity index (χ0v) is 18.8. The number of piperazine rings is 1. The van der Waals surface area contributed by atoms with Gasteiger partial charge in [-0.3, -0.25) is 4.79 Å². The first-order chi connectivity index (χ1) is 14.2. The van der Waals surface area contributed by atoms with Gasteiger partial charge >= 0.3 is 0 Å². The molecule has 2 aromatic carbocycles. The van der Waals surface area contributed by atoms with Crippen LogP contribution in [-0.2, 0) is 21.4 Å². The van der Waals surface area contributed by atoms with Crippen molar-refractivity contribution >= 4 is 38.9 Å². The third kappa shape index (κ3) is 6.18. The van der Waals surface area contributed by atoms with E-state index in [1.54, 1.807) is 24.3 Å². The molecule has 0 unspecified atom stereocenters. The SMILES string of the molecule is CN1CCN(c2ccc(NC(=O)CN(Cc3ccccc3Cl)S(C)(=O)=O)cc2)CC1. The zero-order chi connectivity index (χ0) is 21.7. The average molecular weight is 451 g/mol. The minimum absolute atomic E-state index is 0.0360. The number of carbonyl (C=O) groups is 1. The summed E-state index contributed by atoms with van der Waals surface area (Å²) in [6, 6.07) is 14.6. The Balaban J connectivity index is 1.62. The molecule has 7 nitrogen and oxygen atoms in total. The second-order valence-electron chi connectivity index (χ2n) is 7.51. The molecule has 1 fully saturated rings. The van der Waals surface area contributed by atoms with Crippen molar-refractivity contribution < 1.29 is 13.2 Å². The number of amides is 1. The first-order valence-electron chi connectivity index (χ1n) is 9.74. The summed E-state index contributed by atoms with van der Waals surface area (Å²) in [6.07, 6.45) is 1.09. The Kier molecular flexibility index (Phi) is 7.36. The number of anilines is 2. The Morgan fingerprint density at radius 2 is 1.70 bits per heavy atom. The Bertz CT molecular complexity index is 974. The lowest BCUT2D eigenvalue weighted by molar-refractivity contribution is -0.116. The molecule has 0 radical (unpaired) electrons. The standard InChI is InChI=1S/C21H27ClN4O3S/c1-24-11-13-25(14-12-24)19-9-7-18(8-10-19)23-21(27)16-26(30(2,28)29)15-17-5-3-4-6-20(17)22/h3-10H,11-16H2,1-2H3,(H,23,27). The van der Waals surface area contributed by atoms with Gasteiger partial charge in [-0.1, -0.05) is 29.8 Å². The second-order valence-corrected chi connectivity index (χ2v) is 9.90. The summed E-state index contributed by atoms with van der Waals surface area (Å²) < 4.78 is 25.5. The quantitative estimate of drug-likeness (QED) is 0.701. The molecule has 0 aromatic heterocycles. The van der Waals surface area contributed by atoms with E-state index in [1.807, 2.05) is 24.3 Å². The van der Waals surface area contributed by atoms with Crippen molar-refractivity contribution in [3.05, 3.63) is 59.1 Å². The molecule has 162 valence electrons. The van der Waals surface area contributed by atoms with Gasteiger partial charge < -0.3 is 15.1 Å². The van der Waals surface area contributed by atoms with E-state index in [2.05, 4.69) is 22.2 Å². The average Bonchev–Trinajstić information content (AvgIpc) is 2.69. The molecule has 0 spiro atoms. The molecule has 0 atom stereocenters. The second kappa shape index (κ2) is 9.78. The predicted octanol–water partition coefficient (Wildman–Crippen LogP) is 2.49. The van der Waals surface area contributed by atoms with Crippen molar-refractivity contribution in [1.29, 1.82) is 0 Å².